The number of hydrogen-bond donors (Lipinski definition) is 0. The summed E-state index contributed by atoms with van der Waals surface area (Å²) < 4.78 is 8.42. The number of rotatable bonds is 5. The van der Waals surface area contributed by atoms with Crippen molar-refractivity contribution in [3.05, 3.63) is 118 Å². The van der Waals surface area contributed by atoms with Crippen molar-refractivity contribution < 1.29 is 4.42 Å². The Morgan fingerprint density at radius 2 is 1.56 bits per heavy atom. The number of aliphatic imine (C=N–C) groups is 1. The maximum Gasteiger partial charge on any atom is 0.238 e. The molecule has 0 aliphatic rings. The molecule has 0 aliphatic heterocycles. The molecule has 0 spiro atoms. The minimum absolute atomic E-state index is 0.291. The van der Waals surface area contributed by atoms with Gasteiger partial charge in [-0.05, 0) is 50.1 Å². The third-order valence-electron chi connectivity index (χ3n) is 6.30. The molecule has 0 atom stereocenters. The molecule has 3 aromatic carbocycles. The highest BCUT2D eigenvalue weighted by molar-refractivity contribution is 6.30. The second-order valence-electron chi connectivity index (χ2n) is 8.68. The molecule has 4 nitrogen and oxygen atoms in total. The number of aryl methyl sites for hydroxylation is 2. The number of aromatic nitrogens is 1. The second-order valence-corrected chi connectivity index (χ2v) is 9.12. The third kappa shape index (κ3) is 4.26. The van der Waals surface area contributed by atoms with Crippen molar-refractivity contribution in [2.45, 2.75) is 20.8 Å². The van der Waals surface area contributed by atoms with E-state index in [1.54, 1.807) is 6.21 Å². The SMILES string of the molecule is Cc1ccc(Cl)cc1-n1c(C)cc(C=Nc2oc(-c3ccccc3)c(-c3ccccc3)c2C#N)c1C. The molecule has 5 heteroatoms. The van der Waals surface area contributed by atoms with E-state index in [9.17, 15) is 5.26 Å². The van der Waals surface area contributed by atoms with Crippen LogP contribution in [0.2, 0.25) is 5.02 Å². The van der Waals surface area contributed by atoms with Crippen LogP contribution in [0.25, 0.3) is 28.1 Å². The van der Waals surface area contributed by atoms with E-state index in [0.29, 0.717) is 22.2 Å². The van der Waals surface area contributed by atoms with Gasteiger partial charge >= 0.3 is 0 Å². The van der Waals surface area contributed by atoms with Gasteiger partial charge in [0.25, 0.3) is 0 Å². The molecular weight excluding hydrogens is 466 g/mol. The Kier molecular flexibility index (Phi) is 6.33. The molecule has 0 unspecified atom stereocenters. The van der Waals surface area contributed by atoms with E-state index in [0.717, 1.165) is 44.9 Å². The van der Waals surface area contributed by atoms with Gasteiger partial charge in [-0.25, -0.2) is 4.99 Å². The summed E-state index contributed by atoms with van der Waals surface area (Å²) >= 11 is 6.29. The molecule has 0 amide bonds. The first-order valence-corrected chi connectivity index (χ1v) is 12.0. The third-order valence-corrected chi connectivity index (χ3v) is 6.54. The van der Waals surface area contributed by atoms with Crippen LogP contribution in [0.3, 0.4) is 0 Å². The molecular formula is C31H24ClN3O. The van der Waals surface area contributed by atoms with Gasteiger partial charge in [0.05, 0.1) is 0 Å². The van der Waals surface area contributed by atoms with Gasteiger partial charge in [-0.2, -0.15) is 5.26 Å². The fraction of sp³-hybridized carbons (Fsp3) is 0.0968. The van der Waals surface area contributed by atoms with Gasteiger partial charge in [0.1, 0.15) is 17.4 Å². The van der Waals surface area contributed by atoms with Crippen LogP contribution in [0.5, 0.6) is 0 Å². The van der Waals surface area contributed by atoms with E-state index in [2.05, 4.69) is 35.5 Å². The first-order chi connectivity index (χ1) is 17.5. The topological polar surface area (TPSA) is 54.2 Å². The van der Waals surface area contributed by atoms with Gasteiger partial charge in [-0.15, -0.1) is 0 Å². The Bertz CT molecular complexity index is 1620. The van der Waals surface area contributed by atoms with Gasteiger partial charge in [0, 0.05) is 45.0 Å². The van der Waals surface area contributed by atoms with Crippen molar-refractivity contribution in [2.75, 3.05) is 0 Å². The van der Waals surface area contributed by atoms with Crippen molar-refractivity contribution in [3.63, 3.8) is 0 Å². The number of hydrogen-bond acceptors (Lipinski definition) is 3. The zero-order chi connectivity index (χ0) is 25.2. The molecule has 5 rings (SSSR count). The van der Waals surface area contributed by atoms with Crippen LogP contribution in [-0.2, 0) is 0 Å². The zero-order valence-corrected chi connectivity index (χ0v) is 21.0. The summed E-state index contributed by atoms with van der Waals surface area (Å²) in [5.74, 6) is 0.921. The van der Waals surface area contributed by atoms with Crippen molar-refractivity contribution >= 4 is 23.7 Å². The van der Waals surface area contributed by atoms with Gasteiger partial charge in [-0.1, -0.05) is 78.3 Å². The number of halogens is 1. The van der Waals surface area contributed by atoms with Crippen LogP contribution < -0.4 is 0 Å². The van der Waals surface area contributed by atoms with Gasteiger partial charge in [0.15, 0.2) is 0 Å². The summed E-state index contributed by atoms with van der Waals surface area (Å²) in [6.07, 6.45) is 1.77. The smallest absolute Gasteiger partial charge is 0.238 e. The molecule has 0 saturated carbocycles. The Balaban J connectivity index is 1.63. The van der Waals surface area contributed by atoms with Crippen molar-refractivity contribution in [3.8, 4) is 34.2 Å². The maximum absolute atomic E-state index is 10.1. The highest BCUT2D eigenvalue weighted by atomic mass is 35.5. The van der Waals surface area contributed by atoms with Crippen LogP contribution in [0.4, 0.5) is 5.88 Å². The van der Waals surface area contributed by atoms with E-state index >= 15 is 0 Å². The molecule has 0 saturated heterocycles. The zero-order valence-electron chi connectivity index (χ0n) is 20.3. The molecule has 5 aromatic rings. The van der Waals surface area contributed by atoms with E-state index in [1.807, 2.05) is 85.8 Å². The highest BCUT2D eigenvalue weighted by Crippen LogP contribution is 2.42. The van der Waals surface area contributed by atoms with Gasteiger partial charge < -0.3 is 8.98 Å². The predicted molar refractivity (Wildman–Crippen MR) is 147 cm³/mol. The summed E-state index contributed by atoms with van der Waals surface area (Å²) in [6.45, 7) is 6.17. The van der Waals surface area contributed by atoms with Crippen molar-refractivity contribution in [1.82, 2.24) is 4.57 Å². The fourth-order valence-electron chi connectivity index (χ4n) is 4.53. The molecule has 2 aromatic heterocycles. The Morgan fingerprint density at radius 1 is 0.889 bits per heavy atom. The molecule has 176 valence electrons. The molecule has 0 bridgehead atoms. The lowest BCUT2D eigenvalue weighted by molar-refractivity contribution is 0.593. The number of furan rings is 1. The van der Waals surface area contributed by atoms with E-state index in [-0.39, 0.29) is 0 Å². The van der Waals surface area contributed by atoms with Crippen LogP contribution in [0.1, 0.15) is 28.1 Å². The average molecular weight is 490 g/mol. The average Bonchev–Trinajstić information content (AvgIpc) is 3.41. The minimum atomic E-state index is 0.291. The summed E-state index contributed by atoms with van der Waals surface area (Å²) in [6, 6.07) is 29.9. The van der Waals surface area contributed by atoms with Crippen LogP contribution in [0, 0.1) is 32.1 Å². The van der Waals surface area contributed by atoms with Crippen molar-refractivity contribution in [2.24, 2.45) is 4.99 Å². The normalized spacial score (nSPS) is 11.2. The largest absolute Gasteiger partial charge is 0.436 e. The van der Waals surface area contributed by atoms with Gasteiger partial charge in [0.2, 0.25) is 5.88 Å². The standard InChI is InChI=1S/C31H24ClN3O/c1-20-14-15-26(32)17-28(20)35-21(2)16-25(22(35)3)19-34-31-27(18-33)29(23-10-6-4-7-11-23)30(36-31)24-12-8-5-9-13-24/h4-17,19H,1-3H3. The van der Waals surface area contributed by atoms with E-state index in [4.69, 9.17) is 16.0 Å². The Morgan fingerprint density at radius 3 is 2.22 bits per heavy atom. The lowest BCUT2D eigenvalue weighted by Gasteiger charge is -2.13. The summed E-state index contributed by atoms with van der Waals surface area (Å²) in [5.41, 5.74) is 8.15. The van der Waals surface area contributed by atoms with Crippen molar-refractivity contribution in [1.29, 1.82) is 5.26 Å². The molecule has 2 heterocycles. The summed E-state index contributed by atoms with van der Waals surface area (Å²) in [7, 11) is 0. The number of benzene rings is 3. The van der Waals surface area contributed by atoms with Crippen LogP contribution >= 0.6 is 11.6 Å². The summed E-state index contributed by atoms with van der Waals surface area (Å²) in [4.78, 5) is 4.67. The predicted octanol–water partition coefficient (Wildman–Crippen LogP) is 8.61. The quantitative estimate of drug-likeness (QED) is 0.232. The fourth-order valence-corrected chi connectivity index (χ4v) is 4.69. The van der Waals surface area contributed by atoms with Crippen LogP contribution in [0.15, 0.2) is 94.3 Å². The summed E-state index contributed by atoms with van der Waals surface area (Å²) in [5, 5.41) is 10.8. The van der Waals surface area contributed by atoms with E-state index in [1.165, 1.54) is 0 Å². The van der Waals surface area contributed by atoms with Crippen LogP contribution in [-0.4, -0.2) is 10.8 Å². The number of nitriles is 1. The first-order valence-electron chi connectivity index (χ1n) is 11.6. The lowest BCUT2D eigenvalue weighted by atomic mass is 9.98. The maximum atomic E-state index is 10.1. The Labute approximate surface area is 215 Å². The molecule has 0 radical (unpaired) electrons. The molecule has 0 fully saturated rings. The first kappa shape index (κ1) is 23.4. The molecule has 36 heavy (non-hydrogen) atoms. The number of nitrogens with zero attached hydrogens (tertiary/aromatic N) is 3. The van der Waals surface area contributed by atoms with Gasteiger partial charge in [-0.3, -0.25) is 0 Å². The Hall–Kier alpha value is -4.33. The monoisotopic (exact) mass is 489 g/mol. The van der Waals surface area contributed by atoms with E-state index < -0.39 is 0 Å². The molecule has 0 aliphatic carbocycles. The minimum Gasteiger partial charge on any atom is -0.436 e. The lowest BCUT2D eigenvalue weighted by Crippen LogP contribution is -2.02. The molecule has 0 N–H and O–H groups in total. The second kappa shape index (κ2) is 9.73. The highest BCUT2D eigenvalue weighted by Gasteiger charge is 2.22.